The summed E-state index contributed by atoms with van der Waals surface area (Å²) in [6.45, 7) is 7.95. The van der Waals surface area contributed by atoms with Gasteiger partial charge in [-0.15, -0.1) is 0 Å². The minimum Gasteiger partial charge on any atom is -0.391 e. The van der Waals surface area contributed by atoms with Crippen LogP contribution in [-0.4, -0.2) is 38.3 Å². The Kier molecular flexibility index (Phi) is 5.20. The number of H-pyrrole nitrogens is 1. The molecule has 1 atom stereocenters. The van der Waals surface area contributed by atoms with Gasteiger partial charge in [-0.1, -0.05) is 13.8 Å². The van der Waals surface area contributed by atoms with Crippen molar-refractivity contribution in [1.29, 1.82) is 0 Å². The monoisotopic (exact) mass is 320 g/mol. The molecule has 0 fully saturated rings. The molecule has 0 spiro atoms. The van der Waals surface area contributed by atoms with Crippen LogP contribution in [0.3, 0.4) is 0 Å². The highest BCUT2D eigenvalue weighted by atomic mass is 16.3. The fraction of sp³-hybridized carbons (Fsp3) is 0.562. The van der Waals surface area contributed by atoms with Crippen LogP contribution in [0, 0.1) is 19.8 Å². The summed E-state index contributed by atoms with van der Waals surface area (Å²) in [6.07, 6.45) is 0.272. The van der Waals surface area contributed by atoms with E-state index in [2.05, 4.69) is 15.4 Å². The van der Waals surface area contributed by atoms with Crippen LogP contribution >= 0.6 is 0 Å². The number of nitrogens with zero attached hydrogens (tertiary/aromatic N) is 2. The highest BCUT2D eigenvalue weighted by Crippen LogP contribution is 2.13. The van der Waals surface area contributed by atoms with Gasteiger partial charge in [0, 0.05) is 29.6 Å². The van der Waals surface area contributed by atoms with Crippen molar-refractivity contribution >= 4 is 11.6 Å². The second kappa shape index (κ2) is 6.95. The number of rotatable bonds is 6. The van der Waals surface area contributed by atoms with Gasteiger partial charge in [0.05, 0.1) is 12.5 Å². The maximum Gasteiger partial charge on any atom is 0.266 e. The van der Waals surface area contributed by atoms with Crippen molar-refractivity contribution < 1.29 is 9.90 Å². The molecule has 0 aliphatic rings. The van der Waals surface area contributed by atoms with E-state index in [0.29, 0.717) is 18.0 Å². The normalized spacial score (nSPS) is 12.8. The molecule has 7 nitrogen and oxygen atoms in total. The fourth-order valence-electron chi connectivity index (χ4n) is 2.69. The molecule has 0 radical (unpaired) electrons. The van der Waals surface area contributed by atoms with Crippen LogP contribution < -0.4 is 10.9 Å². The standard InChI is InChI=1S/C16H24N4O3/c1-9(2)5-12(21)8-17-15(22)6-13-10(3)18-14-7-16(23)19-20(14)11(13)4/h7,9,12,21H,5-6,8H2,1-4H3,(H,17,22)(H,19,23). The minimum atomic E-state index is -0.539. The van der Waals surface area contributed by atoms with E-state index < -0.39 is 6.10 Å². The zero-order valence-corrected chi connectivity index (χ0v) is 14.0. The molecule has 0 aromatic carbocycles. The smallest absolute Gasteiger partial charge is 0.266 e. The quantitative estimate of drug-likeness (QED) is 0.729. The lowest BCUT2D eigenvalue weighted by atomic mass is 10.1. The van der Waals surface area contributed by atoms with E-state index in [-0.39, 0.29) is 24.4 Å². The Morgan fingerprint density at radius 3 is 2.78 bits per heavy atom. The first kappa shape index (κ1) is 17.2. The molecule has 0 saturated carbocycles. The number of aryl methyl sites for hydroxylation is 2. The zero-order valence-electron chi connectivity index (χ0n) is 14.0. The summed E-state index contributed by atoms with van der Waals surface area (Å²) < 4.78 is 1.59. The lowest BCUT2D eigenvalue weighted by Gasteiger charge is -2.15. The van der Waals surface area contributed by atoms with E-state index in [4.69, 9.17) is 0 Å². The summed E-state index contributed by atoms with van der Waals surface area (Å²) in [5.41, 5.74) is 2.60. The average molecular weight is 320 g/mol. The van der Waals surface area contributed by atoms with Crippen molar-refractivity contribution in [2.75, 3.05) is 6.54 Å². The van der Waals surface area contributed by atoms with E-state index in [1.54, 1.807) is 4.52 Å². The van der Waals surface area contributed by atoms with E-state index in [9.17, 15) is 14.7 Å². The summed E-state index contributed by atoms with van der Waals surface area (Å²) in [5, 5.41) is 15.2. The number of amides is 1. The molecule has 0 saturated heterocycles. The van der Waals surface area contributed by atoms with Crippen LogP contribution in [0.5, 0.6) is 0 Å². The molecule has 2 aromatic rings. The zero-order chi connectivity index (χ0) is 17.1. The highest BCUT2D eigenvalue weighted by Gasteiger charge is 2.15. The van der Waals surface area contributed by atoms with E-state index in [1.807, 2.05) is 27.7 Å². The Balaban J connectivity index is 2.09. The topological polar surface area (TPSA) is 99.5 Å². The molecule has 2 aromatic heterocycles. The van der Waals surface area contributed by atoms with Crippen LogP contribution in [0.2, 0.25) is 0 Å². The Morgan fingerprint density at radius 1 is 1.43 bits per heavy atom. The van der Waals surface area contributed by atoms with E-state index >= 15 is 0 Å². The molecule has 126 valence electrons. The first-order chi connectivity index (χ1) is 10.8. The van der Waals surface area contributed by atoms with Gasteiger partial charge >= 0.3 is 0 Å². The third-order valence-corrected chi connectivity index (χ3v) is 3.82. The van der Waals surface area contributed by atoms with Crippen LogP contribution in [0.4, 0.5) is 0 Å². The van der Waals surface area contributed by atoms with Gasteiger partial charge in [-0.3, -0.25) is 14.7 Å². The minimum absolute atomic E-state index is 0.162. The number of aromatic amines is 1. The molecule has 3 N–H and O–H groups in total. The molecule has 1 amide bonds. The number of aliphatic hydroxyl groups excluding tert-OH is 1. The van der Waals surface area contributed by atoms with E-state index in [0.717, 1.165) is 17.0 Å². The van der Waals surface area contributed by atoms with Gasteiger partial charge in [0.15, 0.2) is 5.65 Å². The van der Waals surface area contributed by atoms with Crippen molar-refractivity contribution in [2.24, 2.45) is 5.92 Å². The lowest BCUT2D eigenvalue weighted by molar-refractivity contribution is -0.121. The first-order valence-electron chi connectivity index (χ1n) is 7.80. The SMILES string of the molecule is Cc1nc2cc(=O)[nH]n2c(C)c1CC(=O)NCC(O)CC(C)C. The number of hydrogen-bond donors (Lipinski definition) is 3. The van der Waals surface area contributed by atoms with Gasteiger partial charge in [-0.05, 0) is 26.2 Å². The predicted octanol–water partition coefficient (Wildman–Crippen LogP) is 0.705. The molecule has 0 bridgehead atoms. The third-order valence-electron chi connectivity index (χ3n) is 3.82. The molecule has 0 aliphatic heterocycles. The van der Waals surface area contributed by atoms with Gasteiger partial charge < -0.3 is 10.4 Å². The Hall–Kier alpha value is -2.15. The lowest BCUT2D eigenvalue weighted by Crippen LogP contribution is -2.34. The molecule has 0 aliphatic carbocycles. The van der Waals surface area contributed by atoms with Crippen molar-refractivity contribution in [3.8, 4) is 0 Å². The van der Waals surface area contributed by atoms with Crippen LogP contribution in [0.1, 0.15) is 37.2 Å². The number of aromatic nitrogens is 3. The summed E-state index contributed by atoms with van der Waals surface area (Å²) in [6, 6.07) is 1.42. The maximum absolute atomic E-state index is 12.1. The fourth-order valence-corrected chi connectivity index (χ4v) is 2.69. The molecule has 23 heavy (non-hydrogen) atoms. The third kappa shape index (κ3) is 4.19. The molecule has 1 unspecified atom stereocenters. The highest BCUT2D eigenvalue weighted by molar-refractivity contribution is 5.79. The van der Waals surface area contributed by atoms with Crippen molar-refractivity contribution in [3.63, 3.8) is 0 Å². The number of aliphatic hydroxyl groups is 1. The van der Waals surface area contributed by atoms with Gasteiger partial charge in [-0.25, -0.2) is 9.50 Å². The Labute approximate surface area is 134 Å². The Bertz CT molecular complexity index is 761. The first-order valence-corrected chi connectivity index (χ1v) is 7.80. The molecular formula is C16H24N4O3. The number of fused-ring (bicyclic) bond motifs is 1. The second-order valence-electron chi connectivity index (χ2n) is 6.34. The summed E-state index contributed by atoms with van der Waals surface area (Å²) >= 11 is 0. The average Bonchev–Trinajstić information content (AvgIpc) is 2.81. The molecule has 2 heterocycles. The number of carbonyl (C=O) groups is 1. The predicted molar refractivity (Wildman–Crippen MR) is 87.5 cm³/mol. The van der Waals surface area contributed by atoms with Crippen molar-refractivity contribution in [3.05, 3.63) is 33.4 Å². The van der Waals surface area contributed by atoms with Crippen LogP contribution in [-0.2, 0) is 11.2 Å². The largest absolute Gasteiger partial charge is 0.391 e. The molecule has 7 heteroatoms. The van der Waals surface area contributed by atoms with Gasteiger partial charge in [-0.2, -0.15) is 0 Å². The van der Waals surface area contributed by atoms with Gasteiger partial charge in [0.25, 0.3) is 5.56 Å². The second-order valence-corrected chi connectivity index (χ2v) is 6.34. The summed E-state index contributed by atoms with van der Waals surface area (Å²) in [7, 11) is 0. The number of nitrogens with one attached hydrogen (secondary N) is 2. The van der Waals surface area contributed by atoms with Crippen molar-refractivity contribution in [2.45, 2.75) is 46.6 Å². The van der Waals surface area contributed by atoms with E-state index in [1.165, 1.54) is 6.07 Å². The molecular weight excluding hydrogens is 296 g/mol. The van der Waals surface area contributed by atoms with Crippen LogP contribution in [0.25, 0.3) is 5.65 Å². The number of carbonyl (C=O) groups excluding carboxylic acids is 1. The Morgan fingerprint density at radius 2 is 2.13 bits per heavy atom. The maximum atomic E-state index is 12.1. The van der Waals surface area contributed by atoms with Crippen molar-refractivity contribution in [1.82, 2.24) is 19.9 Å². The van der Waals surface area contributed by atoms with Crippen LogP contribution in [0.15, 0.2) is 10.9 Å². The number of hydrogen-bond acceptors (Lipinski definition) is 4. The van der Waals surface area contributed by atoms with Gasteiger partial charge in [0.1, 0.15) is 0 Å². The summed E-state index contributed by atoms with van der Waals surface area (Å²) in [5.74, 6) is 0.207. The van der Waals surface area contributed by atoms with Gasteiger partial charge in [0.2, 0.25) is 5.91 Å². The summed E-state index contributed by atoms with van der Waals surface area (Å²) in [4.78, 5) is 27.9. The molecule has 2 rings (SSSR count).